The molecule has 6 nitrogen and oxygen atoms in total. The lowest BCUT2D eigenvalue weighted by molar-refractivity contribution is 0.00386. The van der Waals surface area contributed by atoms with E-state index in [-0.39, 0.29) is 18.4 Å². The van der Waals surface area contributed by atoms with Crippen molar-refractivity contribution in [1.82, 2.24) is 4.90 Å². The van der Waals surface area contributed by atoms with Crippen molar-refractivity contribution in [3.63, 3.8) is 0 Å². The van der Waals surface area contributed by atoms with Crippen molar-refractivity contribution < 1.29 is 22.1 Å². The largest absolute Gasteiger partial charge is 0.444 e. The molecule has 0 aliphatic carbocycles. The minimum Gasteiger partial charge on any atom is -0.444 e. The molecule has 1 unspecified atom stereocenters. The number of carbonyl (C=O) groups is 1. The first-order valence-electron chi connectivity index (χ1n) is 8.57. The summed E-state index contributed by atoms with van der Waals surface area (Å²) in [6, 6.07) is 8.61. The van der Waals surface area contributed by atoms with Crippen LogP contribution in [0, 0.1) is 0 Å². The number of nitrogens with zero attached hydrogens (tertiary/aromatic N) is 1. The summed E-state index contributed by atoms with van der Waals surface area (Å²) in [5, 5.41) is 0. The fourth-order valence-corrected chi connectivity index (χ4v) is 3.79. The van der Waals surface area contributed by atoms with E-state index in [1.54, 1.807) is 29.2 Å². The Kier molecular flexibility index (Phi) is 6.46. The zero-order chi connectivity index (χ0) is 18.5. The van der Waals surface area contributed by atoms with Gasteiger partial charge in [0.15, 0.2) is 0 Å². The van der Waals surface area contributed by atoms with E-state index in [0.29, 0.717) is 18.5 Å². The number of rotatable bonds is 5. The molecule has 1 atom stereocenters. The molecule has 0 radical (unpaired) electrons. The van der Waals surface area contributed by atoms with E-state index in [4.69, 9.17) is 8.92 Å². The number of carbonyl (C=O) groups excluding carboxylic acids is 1. The topological polar surface area (TPSA) is 72.9 Å². The van der Waals surface area contributed by atoms with Crippen molar-refractivity contribution >= 4 is 16.2 Å². The van der Waals surface area contributed by atoms with Crippen molar-refractivity contribution in [3.8, 4) is 0 Å². The van der Waals surface area contributed by atoms with Crippen molar-refractivity contribution in [2.24, 2.45) is 0 Å². The summed E-state index contributed by atoms with van der Waals surface area (Å²) < 4.78 is 35.0. The van der Waals surface area contributed by atoms with Crippen LogP contribution < -0.4 is 0 Å². The van der Waals surface area contributed by atoms with Gasteiger partial charge in [-0.15, -0.1) is 0 Å². The van der Waals surface area contributed by atoms with E-state index in [1.165, 1.54) is 0 Å². The number of ether oxygens (including phenoxy) is 1. The molecule has 2 rings (SSSR count). The number of hydrogen-bond acceptors (Lipinski definition) is 5. The van der Waals surface area contributed by atoms with Crippen LogP contribution in [0.15, 0.2) is 30.3 Å². The van der Waals surface area contributed by atoms with E-state index >= 15 is 0 Å². The van der Waals surface area contributed by atoms with Gasteiger partial charge >= 0.3 is 6.09 Å². The van der Waals surface area contributed by atoms with Gasteiger partial charge < -0.3 is 9.64 Å². The second kappa shape index (κ2) is 8.19. The van der Waals surface area contributed by atoms with Gasteiger partial charge in [0.05, 0.1) is 12.6 Å². The lowest BCUT2D eigenvalue weighted by Crippen LogP contribution is -2.48. The molecule has 1 fully saturated rings. The SMILES string of the molecule is CC(C)(C)OC(=O)N1CCCCC1COS(=O)(=O)Cc1ccccc1. The molecule has 1 aliphatic heterocycles. The molecule has 1 aromatic carbocycles. The molecule has 0 N–H and O–H groups in total. The Labute approximate surface area is 150 Å². The highest BCUT2D eigenvalue weighted by molar-refractivity contribution is 7.85. The van der Waals surface area contributed by atoms with Crippen LogP contribution in [0.4, 0.5) is 4.79 Å². The summed E-state index contributed by atoms with van der Waals surface area (Å²) in [5.74, 6) is -0.174. The molecule has 1 heterocycles. The normalized spacial score (nSPS) is 18.8. The molecule has 0 spiro atoms. The Morgan fingerprint density at radius 2 is 1.88 bits per heavy atom. The molecular formula is C18H27NO5S. The third-order valence-electron chi connectivity index (χ3n) is 3.88. The third kappa shape index (κ3) is 6.66. The number of piperidine rings is 1. The first kappa shape index (κ1) is 19.7. The minimum absolute atomic E-state index is 0.0333. The molecule has 140 valence electrons. The van der Waals surface area contributed by atoms with Gasteiger partial charge in [0.1, 0.15) is 11.4 Å². The maximum Gasteiger partial charge on any atom is 0.410 e. The second-order valence-corrected chi connectivity index (χ2v) is 8.94. The van der Waals surface area contributed by atoms with Gasteiger partial charge in [-0.1, -0.05) is 30.3 Å². The summed E-state index contributed by atoms with van der Waals surface area (Å²) in [6.07, 6.45) is 2.11. The smallest absolute Gasteiger partial charge is 0.410 e. The highest BCUT2D eigenvalue weighted by Gasteiger charge is 2.31. The summed E-state index contributed by atoms with van der Waals surface area (Å²) >= 11 is 0. The zero-order valence-electron chi connectivity index (χ0n) is 15.1. The Morgan fingerprint density at radius 3 is 2.52 bits per heavy atom. The lowest BCUT2D eigenvalue weighted by atomic mass is 10.0. The van der Waals surface area contributed by atoms with Gasteiger partial charge in [-0.25, -0.2) is 4.79 Å². The van der Waals surface area contributed by atoms with Gasteiger partial charge in [-0.3, -0.25) is 4.18 Å². The van der Waals surface area contributed by atoms with Gasteiger partial charge in [-0.05, 0) is 45.6 Å². The number of benzene rings is 1. The highest BCUT2D eigenvalue weighted by Crippen LogP contribution is 2.21. The Bertz CT molecular complexity index is 666. The van der Waals surface area contributed by atoms with Crippen LogP contribution in [0.2, 0.25) is 0 Å². The number of hydrogen-bond donors (Lipinski definition) is 0. The molecule has 1 saturated heterocycles. The number of likely N-dealkylation sites (tertiary alicyclic amines) is 1. The van der Waals surface area contributed by atoms with Crippen LogP contribution in [0.5, 0.6) is 0 Å². The highest BCUT2D eigenvalue weighted by atomic mass is 32.2. The second-order valence-electron chi connectivity index (χ2n) is 7.30. The molecular weight excluding hydrogens is 342 g/mol. The molecule has 1 amide bonds. The van der Waals surface area contributed by atoms with Crippen LogP contribution in [0.1, 0.15) is 45.6 Å². The standard InChI is InChI=1S/C18H27NO5S/c1-18(2,3)24-17(20)19-12-8-7-11-16(19)13-23-25(21,22)14-15-9-5-4-6-10-15/h4-6,9-10,16H,7-8,11-14H2,1-3H3. The Balaban J connectivity index is 1.95. The van der Waals surface area contributed by atoms with Crippen LogP contribution in [0.3, 0.4) is 0 Å². The molecule has 25 heavy (non-hydrogen) atoms. The minimum atomic E-state index is -3.70. The van der Waals surface area contributed by atoms with E-state index in [2.05, 4.69) is 0 Å². The average Bonchev–Trinajstić information content (AvgIpc) is 2.52. The fraction of sp³-hybridized carbons (Fsp3) is 0.611. The summed E-state index contributed by atoms with van der Waals surface area (Å²) in [5.41, 5.74) is 0.0921. The molecule has 7 heteroatoms. The van der Waals surface area contributed by atoms with E-state index in [1.807, 2.05) is 26.8 Å². The molecule has 1 aliphatic rings. The van der Waals surface area contributed by atoms with Gasteiger partial charge in [0, 0.05) is 6.54 Å². The quantitative estimate of drug-likeness (QED) is 0.745. The van der Waals surface area contributed by atoms with Crippen LogP contribution in [0.25, 0.3) is 0 Å². The first-order valence-corrected chi connectivity index (χ1v) is 10.1. The van der Waals surface area contributed by atoms with E-state index in [0.717, 1.165) is 12.8 Å². The summed E-state index contributed by atoms with van der Waals surface area (Å²) in [7, 11) is -3.70. The van der Waals surface area contributed by atoms with Gasteiger partial charge in [-0.2, -0.15) is 8.42 Å². The summed E-state index contributed by atoms with van der Waals surface area (Å²) in [6.45, 7) is 5.95. The zero-order valence-corrected chi connectivity index (χ0v) is 15.9. The molecule has 0 saturated carbocycles. The summed E-state index contributed by atoms with van der Waals surface area (Å²) in [4.78, 5) is 13.9. The van der Waals surface area contributed by atoms with E-state index < -0.39 is 21.8 Å². The maximum absolute atomic E-state index is 12.3. The Hall–Kier alpha value is -1.60. The third-order valence-corrected chi connectivity index (χ3v) is 5.06. The maximum atomic E-state index is 12.3. The van der Waals surface area contributed by atoms with Gasteiger partial charge in [0.25, 0.3) is 10.1 Å². The number of amides is 1. The van der Waals surface area contributed by atoms with Crippen LogP contribution >= 0.6 is 0 Å². The van der Waals surface area contributed by atoms with Crippen molar-refractivity contribution in [2.45, 2.75) is 57.4 Å². The molecule has 0 bridgehead atoms. The predicted molar refractivity (Wildman–Crippen MR) is 95.6 cm³/mol. The predicted octanol–water partition coefficient (Wildman–Crippen LogP) is 3.32. The van der Waals surface area contributed by atoms with Crippen molar-refractivity contribution in [2.75, 3.05) is 13.2 Å². The van der Waals surface area contributed by atoms with E-state index in [9.17, 15) is 13.2 Å². The fourth-order valence-electron chi connectivity index (χ4n) is 2.74. The molecule has 0 aromatic heterocycles. The Morgan fingerprint density at radius 1 is 1.20 bits per heavy atom. The average molecular weight is 369 g/mol. The van der Waals surface area contributed by atoms with Crippen LogP contribution in [-0.4, -0.2) is 44.2 Å². The molecule has 1 aromatic rings. The lowest BCUT2D eigenvalue weighted by Gasteiger charge is -2.36. The van der Waals surface area contributed by atoms with Gasteiger partial charge in [0.2, 0.25) is 0 Å². The monoisotopic (exact) mass is 369 g/mol. The van der Waals surface area contributed by atoms with Crippen LogP contribution in [-0.2, 0) is 24.8 Å². The van der Waals surface area contributed by atoms with Crippen molar-refractivity contribution in [1.29, 1.82) is 0 Å². The first-order chi connectivity index (χ1) is 11.7. The van der Waals surface area contributed by atoms with Crippen molar-refractivity contribution in [3.05, 3.63) is 35.9 Å².